The summed E-state index contributed by atoms with van der Waals surface area (Å²) >= 11 is 0. The van der Waals surface area contributed by atoms with E-state index >= 15 is 0 Å². The normalized spacial score (nSPS) is 14.1. The lowest BCUT2D eigenvalue weighted by Crippen LogP contribution is -2.30. The minimum Gasteiger partial charge on any atom is -0.462 e. The minimum atomic E-state index is -4.75. The van der Waals surface area contributed by atoms with Crippen molar-refractivity contribution in [2.45, 2.75) is 238 Å². The number of unbranched alkanes of at least 4 members (excludes halogenated alkanes) is 19. The van der Waals surface area contributed by atoms with Crippen LogP contribution in [0.4, 0.5) is 0 Å². The number of hydrogen-bond acceptors (Lipinski definition) is 10. The van der Waals surface area contributed by atoms with E-state index in [0.29, 0.717) is 19.3 Å². The highest BCUT2D eigenvalue weighted by Crippen LogP contribution is 2.43. The SMILES string of the molecule is CC/C=C\C/C=C\C/C=C\CCCCCCCCCC(=O)OCC(COP(=O)(O)OCC(CO)OC(=O)CCCCCCC/C=C\CCCC)OC(=O)CCCCCCC/C=C\C/C=C\C/C=C\CC. The van der Waals surface area contributed by atoms with Gasteiger partial charge in [0.1, 0.15) is 12.7 Å². The fourth-order valence-electron chi connectivity index (χ4n) is 7.13. The zero-order valence-electron chi connectivity index (χ0n) is 44.2. The lowest BCUT2D eigenvalue weighted by molar-refractivity contribution is -0.161. The summed E-state index contributed by atoms with van der Waals surface area (Å²) in [6.45, 7) is 4.33. The van der Waals surface area contributed by atoms with Crippen molar-refractivity contribution in [3.63, 3.8) is 0 Å². The summed E-state index contributed by atoms with van der Waals surface area (Å²) in [6, 6.07) is 0. The molecule has 0 fully saturated rings. The van der Waals surface area contributed by atoms with Crippen molar-refractivity contribution >= 4 is 25.7 Å². The van der Waals surface area contributed by atoms with E-state index in [0.717, 1.165) is 141 Å². The van der Waals surface area contributed by atoms with Crippen LogP contribution in [0, 0.1) is 0 Å². The number of carbonyl (C=O) groups excluding carboxylic acids is 3. The van der Waals surface area contributed by atoms with Crippen molar-refractivity contribution in [2.24, 2.45) is 0 Å². The molecule has 0 radical (unpaired) electrons. The quantitative estimate of drug-likeness (QED) is 0.0197. The lowest BCUT2D eigenvalue weighted by Gasteiger charge is -2.21. The molecule has 12 heteroatoms. The van der Waals surface area contributed by atoms with Gasteiger partial charge in [0.05, 0.1) is 19.8 Å². The standard InChI is InChI=1S/C58H99O11P/c1-4-7-10-13-16-19-22-24-26-27-29-30-33-35-38-41-44-47-56(60)65-51-55(69-58(62)49-46-43-40-37-34-31-28-25-23-20-17-14-11-8-5-2)53-67-70(63,64)66-52-54(50-59)68-57(61)48-45-42-39-36-32-21-18-15-12-9-6-3/h7-8,10-11,15-20,24-26,28,54-55,59H,4-6,9,12-14,21-23,27,29-53H2,1-3H3,(H,63,64)/b10-7-,11-8-,18-15-,19-16-,20-17-,26-24-,28-25-. The van der Waals surface area contributed by atoms with Crippen molar-refractivity contribution in [1.82, 2.24) is 0 Å². The Hall–Kier alpha value is -3.34. The monoisotopic (exact) mass is 1000 g/mol. The molecule has 0 aromatic heterocycles. The van der Waals surface area contributed by atoms with Gasteiger partial charge in [0.15, 0.2) is 6.10 Å². The van der Waals surface area contributed by atoms with Crippen LogP contribution in [0.5, 0.6) is 0 Å². The topological polar surface area (TPSA) is 155 Å². The average Bonchev–Trinajstić information content (AvgIpc) is 3.35. The Morgan fingerprint density at radius 3 is 1.16 bits per heavy atom. The molecule has 0 aliphatic rings. The molecule has 0 spiro atoms. The largest absolute Gasteiger partial charge is 0.472 e. The molecule has 0 saturated carbocycles. The number of aliphatic hydroxyl groups excluding tert-OH is 1. The number of esters is 3. The summed E-state index contributed by atoms with van der Waals surface area (Å²) in [7, 11) is -4.75. The highest BCUT2D eigenvalue weighted by molar-refractivity contribution is 7.47. The van der Waals surface area contributed by atoms with Crippen LogP contribution in [0.1, 0.15) is 226 Å². The van der Waals surface area contributed by atoms with Gasteiger partial charge in [-0.1, -0.05) is 189 Å². The molecule has 11 nitrogen and oxygen atoms in total. The number of phosphoric ester groups is 1. The highest BCUT2D eigenvalue weighted by atomic mass is 31.2. The van der Waals surface area contributed by atoms with Crippen molar-refractivity contribution < 1.29 is 52.2 Å². The van der Waals surface area contributed by atoms with E-state index < -0.39 is 57.8 Å². The lowest BCUT2D eigenvalue weighted by atomic mass is 10.1. The molecular formula is C58H99O11P. The number of rotatable bonds is 50. The summed E-state index contributed by atoms with van der Waals surface area (Å²) in [5, 5.41) is 9.78. The smallest absolute Gasteiger partial charge is 0.462 e. The second-order valence-corrected chi connectivity index (χ2v) is 19.4. The van der Waals surface area contributed by atoms with Gasteiger partial charge in [0, 0.05) is 19.3 Å². The van der Waals surface area contributed by atoms with Crippen molar-refractivity contribution in [1.29, 1.82) is 0 Å². The van der Waals surface area contributed by atoms with E-state index in [4.69, 9.17) is 23.3 Å². The molecule has 0 saturated heterocycles. The molecule has 2 N–H and O–H groups in total. The molecule has 0 aromatic rings. The summed E-state index contributed by atoms with van der Waals surface area (Å²) < 4.78 is 39.4. The van der Waals surface area contributed by atoms with Gasteiger partial charge in [0.2, 0.25) is 0 Å². The molecular weight excluding hydrogens is 904 g/mol. The van der Waals surface area contributed by atoms with Gasteiger partial charge in [-0.05, 0) is 103 Å². The van der Waals surface area contributed by atoms with Crippen LogP contribution >= 0.6 is 7.82 Å². The minimum absolute atomic E-state index is 0.142. The van der Waals surface area contributed by atoms with Crippen LogP contribution in [0.15, 0.2) is 85.1 Å². The number of allylic oxidation sites excluding steroid dienone is 14. The van der Waals surface area contributed by atoms with E-state index in [1.807, 2.05) is 0 Å². The second kappa shape index (κ2) is 52.0. The first-order valence-electron chi connectivity index (χ1n) is 27.5. The first-order valence-corrected chi connectivity index (χ1v) is 29.0. The van der Waals surface area contributed by atoms with Crippen LogP contribution in [0.25, 0.3) is 0 Å². The number of hydrogen-bond donors (Lipinski definition) is 2. The van der Waals surface area contributed by atoms with Crippen molar-refractivity contribution in [3.05, 3.63) is 85.1 Å². The first-order chi connectivity index (χ1) is 34.2. The van der Waals surface area contributed by atoms with Crippen LogP contribution in [0.2, 0.25) is 0 Å². The molecule has 0 aromatic carbocycles. The molecule has 70 heavy (non-hydrogen) atoms. The molecule has 0 rings (SSSR count). The fourth-order valence-corrected chi connectivity index (χ4v) is 7.91. The van der Waals surface area contributed by atoms with Crippen molar-refractivity contribution in [2.75, 3.05) is 26.4 Å². The second-order valence-electron chi connectivity index (χ2n) is 18.0. The van der Waals surface area contributed by atoms with E-state index in [1.54, 1.807) is 0 Å². The molecule has 402 valence electrons. The van der Waals surface area contributed by atoms with Crippen LogP contribution in [0.3, 0.4) is 0 Å². The van der Waals surface area contributed by atoms with Gasteiger partial charge in [-0.15, -0.1) is 0 Å². The summed E-state index contributed by atoms with van der Waals surface area (Å²) in [5.41, 5.74) is 0. The van der Waals surface area contributed by atoms with Gasteiger partial charge >= 0.3 is 25.7 Å². The van der Waals surface area contributed by atoms with E-state index in [9.17, 15) is 28.9 Å². The maximum atomic E-state index is 12.9. The number of carbonyl (C=O) groups is 3. The molecule has 0 heterocycles. The number of phosphoric acid groups is 1. The van der Waals surface area contributed by atoms with Crippen LogP contribution in [-0.2, 0) is 42.2 Å². The van der Waals surface area contributed by atoms with Gasteiger partial charge in [-0.3, -0.25) is 23.4 Å². The Balaban J connectivity index is 4.78. The number of aliphatic hydroxyl groups is 1. The third-order valence-corrected chi connectivity index (χ3v) is 12.2. The molecule has 3 atom stereocenters. The summed E-state index contributed by atoms with van der Waals surface area (Å²) in [5.74, 6) is -1.51. The predicted octanol–water partition coefficient (Wildman–Crippen LogP) is 15.9. The van der Waals surface area contributed by atoms with Crippen LogP contribution in [-0.4, -0.2) is 66.5 Å². The molecule has 0 aliphatic carbocycles. The fraction of sp³-hybridized carbons (Fsp3) is 0.707. The zero-order chi connectivity index (χ0) is 51.3. The first kappa shape index (κ1) is 66.7. The maximum Gasteiger partial charge on any atom is 0.472 e. The Morgan fingerprint density at radius 2 is 0.743 bits per heavy atom. The molecule has 3 unspecified atom stereocenters. The predicted molar refractivity (Wildman–Crippen MR) is 288 cm³/mol. The Bertz CT molecular complexity index is 1500. The van der Waals surface area contributed by atoms with Gasteiger partial charge in [-0.2, -0.15) is 0 Å². The molecule has 0 amide bonds. The maximum absolute atomic E-state index is 12.9. The third-order valence-electron chi connectivity index (χ3n) is 11.3. The Morgan fingerprint density at radius 1 is 0.414 bits per heavy atom. The highest BCUT2D eigenvalue weighted by Gasteiger charge is 2.28. The Labute approximate surface area is 426 Å². The van der Waals surface area contributed by atoms with Crippen molar-refractivity contribution in [3.8, 4) is 0 Å². The summed E-state index contributed by atoms with van der Waals surface area (Å²) in [4.78, 5) is 48.4. The third kappa shape index (κ3) is 49.6. The van der Waals surface area contributed by atoms with E-state index in [1.165, 1.54) is 25.7 Å². The van der Waals surface area contributed by atoms with Gasteiger partial charge < -0.3 is 24.2 Å². The molecule has 0 bridgehead atoms. The zero-order valence-corrected chi connectivity index (χ0v) is 45.1. The van der Waals surface area contributed by atoms with E-state index in [-0.39, 0.29) is 25.9 Å². The van der Waals surface area contributed by atoms with Gasteiger partial charge in [-0.25, -0.2) is 4.57 Å². The number of ether oxygens (including phenoxy) is 3. The van der Waals surface area contributed by atoms with Gasteiger partial charge in [0.25, 0.3) is 0 Å². The van der Waals surface area contributed by atoms with E-state index in [2.05, 4.69) is 106 Å². The van der Waals surface area contributed by atoms with Crippen LogP contribution < -0.4 is 0 Å². The average molecular weight is 1000 g/mol. The Kier molecular flexibility index (Phi) is 49.5. The summed E-state index contributed by atoms with van der Waals surface area (Å²) in [6.07, 6.45) is 58.3. The molecule has 0 aliphatic heterocycles.